The highest BCUT2D eigenvalue weighted by Gasteiger charge is 2.35. The molecule has 0 spiro atoms. The highest BCUT2D eigenvalue weighted by atomic mass is 35.5. The van der Waals surface area contributed by atoms with Crippen LogP contribution in [-0.4, -0.2) is 50.4 Å². The number of anilines is 1. The Bertz CT molecular complexity index is 1790. The third-order valence-electron chi connectivity index (χ3n) is 7.93. The summed E-state index contributed by atoms with van der Waals surface area (Å²) in [7, 11) is -4.23. The van der Waals surface area contributed by atoms with E-state index in [4.69, 9.17) is 27.9 Å². The monoisotopic (exact) mass is 709 g/mol. The predicted molar refractivity (Wildman–Crippen MR) is 192 cm³/mol. The van der Waals surface area contributed by atoms with Gasteiger partial charge in [0.15, 0.2) is 0 Å². The van der Waals surface area contributed by atoms with Gasteiger partial charge in [-0.2, -0.15) is 0 Å². The van der Waals surface area contributed by atoms with E-state index in [1.165, 1.54) is 17.0 Å². The Kier molecular flexibility index (Phi) is 12.9. The standard InChI is InChI=1S/C37H41Cl2N3O5S/c1-5-27(4)40-37(44)35(23-28-10-8-7-9-11-28)41(24-29-14-21-33(38)34(39)22-29)36(43)25-42(30-15-17-31(18-16-30)47-6-2)48(45,46)32-19-12-26(3)13-20-32/h7-22,27,35H,5-6,23-25H2,1-4H3,(H,40,44)/t27-,35+/m1/s1. The number of halogens is 2. The lowest BCUT2D eigenvalue weighted by molar-refractivity contribution is -0.140. The number of ether oxygens (including phenoxy) is 1. The van der Waals surface area contributed by atoms with Crippen LogP contribution in [0.2, 0.25) is 10.0 Å². The third kappa shape index (κ3) is 9.52. The first-order valence-corrected chi connectivity index (χ1v) is 18.0. The molecule has 0 radical (unpaired) electrons. The fourth-order valence-electron chi connectivity index (χ4n) is 5.07. The van der Waals surface area contributed by atoms with E-state index in [-0.39, 0.29) is 35.5 Å². The molecule has 0 aromatic heterocycles. The molecule has 0 bridgehead atoms. The van der Waals surface area contributed by atoms with Gasteiger partial charge in [-0.1, -0.05) is 84.2 Å². The van der Waals surface area contributed by atoms with Crippen LogP contribution in [0, 0.1) is 6.92 Å². The minimum Gasteiger partial charge on any atom is -0.494 e. The fourth-order valence-corrected chi connectivity index (χ4v) is 6.81. The van der Waals surface area contributed by atoms with E-state index in [1.54, 1.807) is 54.6 Å². The quantitative estimate of drug-likeness (QED) is 0.138. The maximum Gasteiger partial charge on any atom is 0.264 e. The Hall–Kier alpha value is -4.05. The summed E-state index contributed by atoms with van der Waals surface area (Å²) < 4.78 is 35.1. The van der Waals surface area contributed by atoms with Crippen molar-refractivity contribution in [1.29, 1.82) is 0 Å². The molecule has 0 aliphatic carbocycles. The van der Waals surface area contributed by atoms with Gasteiger partial charge in [0.2, 0.25) is 11.8 Å². The molecule has 0 unspecified atom stereocenters. The molecule has 4 aromatic carbocycles. The summed E-state index contributed by atoms with van der Waals surface area (Å²) in [4.78, 5) is 30.1. The topological polar surface area (TPSA) is 96.0 Å². The zero-order chi connectivity index (χ0) is 34.8. The fraction of sp³-hybridized carbons (Fsp3) is 0.297. The summed E-state index contributed by atoms with van der Waals surface area (Å²) >= 11 is 12.6. The molecular formula is C37H41Cl2N3O5S. The molecule has 4 aromatic rings. The van der Waals surface area contributed by atoms with Crippen LogP contribution < -0.4 is 14.4 Å². The van der Waals surface area contributed by atoms with Crippen LogP contribution in [-0.2, 0) is 32.6 Å². The van der Waals surface area contributed by atoms with Crippen molar-refractivity contribution in [2.45, 2.75) is 64.1 Å². The van der Waals surface area contributed by atoms with Crippen LogP contribution in [0.1, 0.15) is 43.9 Å². The molecule has 254 valence electrons. The van der Waals surface area contributed by atoms with E-state index in [9.17, 15) is 18.0 Å². The number of hydrogen-bond donors (Lipinski definition) is 1. The lowest BCUT2D eigenvalue weighted by Gasteiger charge is -2.34. The van der Waals surface area contributed by atoms with Gasteiger partial charge in [-0.15, -0.1) is 0 Å². The first kappa shape index (κ1) is 36.8. The van der Waals surface area contributed by atoms with Crippen LogP contribution in [0.5, 0.6) is 5.75 Å². The first-order chi connectivity index (χ1) is 22.9. The lowest BCUT2D eigenvalue weighted by Crippen LogP contribution is -2.54. The van der Waals surface area contributed by atoms with Gasteiger partial charge in [-0.25, -0.2) is 8.42 Å². The van der Waals surface area contributed by atoms with Crippen LogP contribution in [0.15, 0.2) is 102 Å². The molecule has 48 heavy (non-hydrogen) atoms. The van der Waals surface area contributed by atoms with E-state index in [2.05, 4.69) is 5.32 Å². The van der Waals surface area contributed by atoms with Crippen molar-refractivity contribution >= 4 is 50.7 Å². The molecule has 0 fully saturated rings. The first-order valence-electron chi connectivity index (χ1n) is 15.8. The molecular weight excluding hydrogens is 669 g/mol. The molecule has 2 atom stereocenters. The second-order valence-corrected chi connectivity index (χ2v) is 14.2. The van der Waals surface area contributed by atoms with Crippen LogP contribution in [0.4, 0.5) is 5.69 Å². The third-order valence-corrected chi connectivity index (χ3v) is 10.5. The molecule has 0 aliphatic heterocycles. The largest absolute Gasteiger partial charge is 0.494 e. The highest BCUT2D eigenvalue weighted by molar-refractivity contribution is 7.92. The summed E-state index contributed by atoms with van der Waals surface area (Å²) in [6.45, 7) is 7.41. The molecule has 1 N–H and O–H groups in total. The maximum atomic E-state index is 14.6. The second-order valence-electron chi connectivity index (χ2n) is 11.5. The van der Waals surface area contributed by atoms with E-state index < -0.39 is 28.5 Å². The molecule has 11 heteroatoms. The number of sulfonamides is 1. The summed E-state index contributed by atoms with van der Waals surface area (Å²) in [6.07, 6.45) is 0.884. The zero-order valence-corrected chi connectivity index (χ0v) is 29.9. The summed E-state index contributed by atoms with van der Waals surface area (Å²) in [6, 6.07) is 26.2. The molecule has 0 aliphatic rings. The van der Waals surface area contributed by atoms with Gasteiger partial charge in [0.05, 0.1) is 27.2 Å². The van der Waals surface area contributed by atoms with Gasteiger partial charge in [0.1, 0.15) is 18.3 Å². The smallest absolute Gasteiger partial charge is 0.264 e. The van der Waals surface area contributed by atoms with Crippen molar-refractivity contribution in [1.82, 2.24) is 10.2 Å². The summed E-state index contributed by atoms with van der Waals surface area (Å²) in [5, 5.41) is 3.67. The number of carbonyl (C=O) groups excluding carboxylic acids is 2. The number of carbonyl (C=O) groups is 2. The molecule has 0 heterocycles. The Labute approximate surface area is 293 Å². The zero-order valence-electron chi connectivity index (χ0n) is 27.5. The van der Waals surface area contributed by atoms with Crippen LogP contribution in [0.3, 0.4) is 0 Å². The van der Waals surface area contributed by atoms with E-state index in [1.807, 2.05) is 58.0 Å². The Morgan fingerprint density at radius 2 is 1.52 bits per heavy atom. The van der Waals surface area contributed by atoms with Gasteiger partial charge < -0.3 is 15.0 Å². The maximum absolute atomic E-state index is 14.6. The minimum absolute atomic E-state index is 0.0250. The lowest BCUT2D eigenvalue weighted by atomic mass is 10.0. The molecule has 2 amide bonds. The molecule has 0 saturated carbocycles. The van der Waals surface area contributed by atoms with E-state index >= 15 is 0 Å². The average Bonchev–Trinajstić information content (AvgIpc) is 3.07. The number of benzene rings is 4. The Morgan fingerprint density at radius 3 is 2.12 bits per heavy atom. The number of nitrogens with one attached hydrogen (secondary N) is 1. The number of rotatable bonds is 15. The highest BCUT2D eigenvalue weighted by Crippen LogP contribution is 2.28. The normalized spacial score (nSPS) is 12.5. The Morgan fingerprint density at radius 1 is 0.854 bits per heavy atom. The molecule has 8 nitrogen and oxygen atoms in total. The number of amides is 2. The van der Waals surface area contributed by atoms with Crippen molar-refractivity contribution in [2.24, 2.45) is 0 Å². The van der Waals surface area contributed by atoms with Crippen molar-refractivity contribution in [3.8, 4) is 5.75 Å². The Balaban J connectivity index is 1.82. The van der Waals surface area contributed by atoms with Crippen molar-refractivity contribution in [3.63, 3.8) is 0 Å². The number of nitrogens with zero attached hydrogens (tertiary/aromatic N) is 2. The molecule has 4 rings (SSSR count). The van der Waals surface area contributed by atoms with Crippen LogP contribution in [0.25, 0.3) is 0 Å². The van der Waals surface area contributed by atoms with Gasteiger partial charge in [-0.3, -0.25) is 13.9 Å². The summed E-state index contributed by atoms with van der Waals surface area (Å²) in [5.41, 5.74) is 2.62. The van der Waals surface area contributed by atoms with Gasteiger partial charge in [-0.05, 0) is 86.8 Å². The van der Waals surface area contributed by atoms with Crippen molar-refractivity contribution in [3.05, 3.63) is 124 Å². The number of aryl methyl sites for hydroxylation is 1. The predicted octanol–water partition coefficient (Wildman–Crippen LogP) is 7.45. The second kappa shape index (κ2) is 16.9. The van der Waals surface area contributed by atoms with Gasteiger partial charge in [0, 0.05) is 19.0 Å². The number of hydrogen-bond acceptors (Lipinski definition) is 5. The minimum atomic E-state index is -4.23. The molecule has 0 saturated heterocycles. The van der Waals surface area contributed by atoms with Crippen molar-refractivity contribution in [2.75, 3.05) is 17.5 Å². The van der Waals surface area contributed by atoms with Crippen LogP contribution >= 0.6 is 23.2 Å². The SMILES string of the molecule is CCOc1ccc(N(CC(=O)N(Cc2ccc(Cl)c(Cl)c2)[C@@H](Cc2ccccc2)C(=O)N[C@H](C)CC)S(=O)(=O)c2ccc(C)cc2)cc1. The van der Waals surface area contributed by atoms with E-state index in [0.29, 0.717) is 34.4 Å². The van der Waals surface area contributed by atoms with Gasteiger partial charge >= 0.3 is 0 Å². The van der Waals surface area contributed by atoms with Crippen molar-refractivity contribution < 1.29 is 22.7 Å². The average molecular weight is 711 g/mol. The van der Waals surface area contributed by atoms with Gasteiger partial charge in [0.25, 0.3) is 10.0 Å². The van der Waals surface area contributed by atoms with E-state index in [0.717, 1.165) is 15.4 Å². The summed E-state index contributed by atoms with van der Waals surface area (Å²) in [5.74, 6) is -0.368.